The van der Waals surface area contributed by atoms with Crippen LogP contribution in [-0.2, 0) is 9.63 Å². The monoisotopic (exact) mass is 554 g/mol. The van der Waals surface area contributed by atoms with Gasteiger partial charge in [-0.1, -0.05) is 49.3 Å². The highest BCUT2D eigenvalue weighted by Gasteiger charge is 2.40. The van der Waals surface area contributed by atoms with Crippen LogP contribution in [0.15, 0.2) is 54.6 Å². The summed E-state index contributed by atoms with van der Waals surface area (Å²) in [5, 5.41) is 32.7. The summed E-state index contributed by atoms with van der Waals surface area (Å²) in [6.45, 7) is -0.178. The Balaban J connectivity index is 1.64. The second-order valence-electron chi connectivity index (χ2n) is 9.75. The Morgan fingerprint density at radius 1 is 1.10 bits per heavy atom. The number of para-hydroxylation sites is 1. The van der Waals surface area contributed by atoms with Crippen LogP contribution < -0.4 is 10.1 Å². The number of carbonyl (C=O) groups excluding carboxylic acids is 1. The quantitative estimate of drug-likeness (QED) is 0.0985. The van der Waals surface area contributed by atoms with Crippen LogP contribution in [-0.4, -0.2) is 59.1 Å². The smallest absolute Gasteiger partial charge is 0.299 e. The van der Waals surface area contributed by atoms with Crippen LogP contribution >= 0.6 is 0 Å². The molecule has 0 spiro atoms. The van der Waals surface area contributed by atoms with E-state index >= 15 is 0 Å². The lowest BCUT2D eigenvalue weighted by Gasteiger charge is -2.20. The van der Waals surface area contributed by atoms with Crippen molar-refractivity contribution in [2.75, 3.05) is 19.8 Å². The van der Waals surface area contributed by atoms with E-state index in [1.54, 1.807) is 30.3 Å². The Hall–Kier alpha value is -3.05. The summed E-state index contributed by atoms with van der Waals surface area (Å²) < 4.78 is 33.8. The van der Waals surface area contributed by atoms with Gasteiger partial charge in [-0.05, 0) is 56.2 Å². The third-order valence-electron chi connectivity index (χ3n) is 6.59. The topological polar surface area (TPSA) is 131 Å². The number of benzene rings is 1. The number of carbonyl (C=O) groups is 1. The largest absolute Gasteiger partial charge is 0.487 e. The molecule has 1 fully saturated rings. The van der Waals surface area contributed by atoms with Gasteiger partial charge in [0.15, 0.2) is 6.61 Å². The van der Waals surface area contributed by atoms with Crippen molar-refractivity contribution in [2.45, 2.75) is 75.9 Å². The molecule has 0 aromatic heterocycles. The summed E-state index contributed by atoms with van der Waals surface area (Å²) in [5.74, 6) is -3.90. The minimum absolute atomic E-state index is 0.0446. The molecule has 2 rings (SSSR count). The van der Waals surface area contributed by atoms with Crippen molar-refractivity contribution < 1.29 is 38.4 Å². The molecule has 1 aromatic rings. The number of halogens is 2. The van der Waals surface area contributed by atoms with E-state index < -0.39 is 35.7 Å². The van der Waals surface area contributed by atoms with E-state index in [0.29, 0.717) is 44.4 Å². The molecule has 0 aliphatic heterocycles. The first kappa shape index (κ1) is 32.2. The highest BCUT2D eigenvalue weighted by Crippen LogP contribution is 2.37. The number of aliphatic hydroxyl groups excluding tert-OH is 2. The minimum Gasteiger partial charge on any atom is -0.487 e. The van der Waals surface area contributed by atoms with Crippen LogP contribution in [0.4, 0.5) is 8.78 Å². The SMILES string of the molecule is O=C(CCC/C=C\C[C@@H]1[C@@H](/C=C/C(F)(F)COc2ccccc2)[C@H](O)C[C@@H]1O)NCCCCCCO[N+](=O)[O-]. The summed E-state index contributed by atoms with van der Waals surface area (Å²) in [6, 6.07) is 8.34. The molecule has 1 amide bonds. The van der Waals surface area contributed by atoms with E-state index in [1.165, 1.54) is 6.08 Å². The van der Waals surface area contributed by atoms with Crippen molar-refractivity contribution in [3.05, 3.63) is 64.8 Å². The lowest BCUT2D eigenvalue weighted by molar-refractivity contribution is -0.757. The molecule has 1 aliphatic rings. The number of ether oxygens (including phenoxy) is 1. The normalized spacial score (nSPS) is 21.4. The van der Waals surface area contributed by atoms with Crippen LogP contribution in [0.1, 0.15) is 57.8 Å². The maximum atomic E-state index is 14.3. The highest BCUT2D eigenvalue weighted by molar-refractivity contribution is 5.75. The molecule has 1 saturated carbocycles. The predicted octanol–water partition coefficient (Wildman–Crippen LogP) is 4.62. The van der Waals surface area contributed by atoms with Crippen molar-refractivity contribution in [1.29, 1.82) is 0 Å². The Morgan fingerprint density at radius 3 is 2.59 bits per heavy atom. The molecule has 1 aromatic carbocycles. The number of alkyl halides is 2. The summed E-state index contributed by atoms with van der Waals surface area (Å²) in [7, 11) is 0. The van der Waals surface area contributed by atoms with Gasteiger partial charge in [0.25, 0.3) is 11.0 Å². The van der Waals surface area contributed by atoms with E-state index in [0.717, 1.165) is 25.3 Å². The number of hydrogen-bond acceptors (Lipinski definition) is 7. The number of amides is 1. The number of nitrogens with zero attached hydrogens (tertiary/aromatic N) is 1. The zero-order valence-corrected chi connectivity index (χ0v) is 22.1. The average molecular weight is 555 g/mol. The van der Waals surface area contributed by atoms with Gasteiger partial charge in [-0.25, -0.2) is 0 Å². The molecule has 0 bridgehead atoms. The zero-order chi connectivity index (χ0) is 28.5. The fourth-order valence-electron chi connectivity index (χ4n) is 4.49. The van der Waals surface area contributed by atoms with Crippen molar-refractivity contribution in [2.24, 2.45) is 11.8 Å². The van der Waals surface area contributed by atoms with Crippen LogP contribution in [0.25, 0.3) is 0 Å². The summed E-state index contributed by atoms with van der Waals surface area (Å²) >= 11 is 0. The number of aliphatic hydroxyl groups is 2. The third-order valence-corrected chi connectivity index (χ3v) is 6.59. The van der Waals surface area contributed by atoms with Gasteiger partial charge in [-0.15, -0.1) is 10.1 Å². The molecule has 0 heterocycles. The van der Waals surface area contributed by atoms with Crippen molar-refractivity contribution in [1.82, 2.24) is 5.32 Å². The number of allylic oxidation sites excluding steroid dienone is 2. The molecule has 0 saturated heterocycles. The van der Waals surface area contributed by atoms with E-state index in [9.17, 15) is 33.9 Å². The number of hydrogen-bond donors (Lipinski definition) is 3. The van der Waals surface area contributed by atoms with Crippen LogP contribution in [0.3, 0.4) is 0 Å². The zero-order valence-electron chi connectivity index (χ0n) is 22.1. The molecule has 9 nitrogen and oxygen atoms in total. The van der Waals surface area contributed by atoms with Gasteiger partial charge in [0.1, 0.15) is 5.75 Å². The lowest BCUT2D eigenvalue weighted by atomic mass is 9.89. The van der Waals surface area contributed by atoms with Crippen molar-refractivity contribution in [3.63, 3.8) is 0 Å². The van der Waals surface area contributed by atoms with E-state index in [4.69, 9.17) is 4.74 Å². The van der Waals surface area contributed by atoms with E-state index in [-0.39, 0.29) is 24.9 Å². The molecular formula is C28H40F2N2O7. The van der Waals surface area contributed by atoms with Crippen molar-refractivity contribution in [3.8, 4) is 5.75 Å². The van der Waals surface area contributed by atoms with Gasteiger partial charge in [0.2, 0.25) is 5.91 Å². The van der Waals surface area contributed by atoms with Gasteiger partial charge in [-0.2, -0.15) is 8.78 Å². The molecule has 3 N–H and O–H groups in total. The Labute approximate surface area is 228 Å². The maximum Gasteiger partial charge on any atom is 0.299 e. The maximum absolute atomic E-state index is 14.3. The summed E-state index contributed by atoms with van der Waals surface area (Å²) in [5.41, 5.74) is 0. The first-order valence-electron chi connectivity index (χ1n) is 13.5. The molecule has 218 valence electrons. The Morgan fingerprint density at radius 2 is 1.85 bits per heavy atom. The Bertz CT molecular complexity index is 914. The first-order chi connectivity index (χ1) is 18.7. The second-order valence-corrected chi connectivity index (χ2v) is 9.75. The lowest BCUT2D eigenvalue weighted by Crippen LogP contribution is -2.25. The fraction of sp³-hybridized carbons (Fsp3) is 0.607. The van der Waals surface area contributed by atoms with Crippen LogP contribution in [0.5, 0.6) is 5.75 Å². The van der Waals surface area contributed by atoms with Gasteiger partial charge in [0, 0.05) is 25.3 Å². The standard InChI is InChI=1S/C28H40F2N2O7/c29-28(30,21-38-22-12-6-5-7-13-22)17-16-24-23(25(33)20-26(24)34)14-8-1-2-9-15-27(35)31-18-10-3-4-11-19-39-32(36)37/h1,5-8,12-13,16-17,23-26,33-34H,2-4,9-11,14-15,18-21H2,(H,31,35)/b8-1-,17-16+/t23-,24-,25+,26-/m1/s1. The Kier molecular flexibility index (Phi) is 14.4. The van der Waals surface area contributed by atoms with Gasteiger partial charge in [0.05, 0.1) is 18.8 Å². The van der Waals surface area contributed by atoms with Crippen molar-refractivity contribution >= 4 is 5.91 Å². The third kappa shape index (κ3) is 13.5. The van der Waals surface area contributed by atoms with E-state index in [1.807, 2.05) is 12.2 Å². The summed E-state index contributed by atoms with van der Waals surface area (Å²) in [6.07, 6.45) is 9.39. The molecule has 0 unspecified atom stereocenters. The van der Waals surface area contributed by atoms with E-state index in [2.05, 4.69) is 10.2 Å². The second kappa shape index (κ2) is 17.5. The molecule has 39 heavy (non-hydrogen) atoms. The van der Waals surface area contributed by atoms with Crippen LogP contribution in [0.2, 0.25) is 0 Å². The highest BCUT2D eigenvalue weighted by atomic mass is 19.3. The summed E-state index contributed by atoms with van der Waals surface area (Å²) in [4.78, 5) is 26.2. The van der Waals surface area contributed by atoms with Gasteiger partial charge < -0.3 is 25.1 Å². The molecule has 0 radical (unpaired) electrons. The van der Waals surface area contributed by atoms with Crippen LogP contribution in [0, 0.1) is 22.0 Å². The molecular weight excluding hydrogens is 514 g/mol. The predicted molar refractivity (Wildman–Crippen MR) is 142 cm³/mol. The molecule has 1 aliphatic carbocycles. The molecule has 4 atom stereocenters. The number of unbranched alkanes of at least 4 members (excludes halogenated alkanes) is 4. The number of nitrogens with one attached hydrogen (secondary N) is 1. The van der Waals surface area contributed by atoms with Gasteiger partial charge >= 0.3 is 0 Å². The number of rotatable bonds is 19. The fourth-order valence-corrected chi connectivity index (χ4v) is 4.49. The minimum atomic E-state index is -3.22. The molecule has 11 heteroatoms. The van der Waals surface area contributed by atoms with Gasteiger partial charge in [-0.3, -0.25) is 4.79 Å². The first-order valence-corrected chi connectivity index (χ1v) is 13.5. The average Bonchev–Trinajstić information content (AvgIpc) is 3.17.